The van der Waals surface area contributed by atoms with E-state index < -0.39 is 0 Å². The minimum Gasteiger partial charge on any atom is -0.496 e. The smallest absolute Gasteiger partial charge is 0.310 e. The number of aldehydes is 1. The summed E-state index contributed by atoms with van der Waals surface area (Å²) in [5.74, 6) is 0.875. The maximum Gasteiger partial charge on any atom is 0.310 e. The molecule has 160 valence electrons. The fourth-order valence-electron chi connectivity index (χ4n) is 3.32. The van der Waals surface area contributed by atoms with E-state index in [0.717, 1.165) is 34.1 Å². The molecule has 3 rings (SSSR count). The second-order valence-corrected chi connectivity index (χ2v) is 6.75. The van der Waals surface area contributed by atoms with Crippen LogP contribution in [0.25, 0.3) is 22.3 Å². The highest BCUT2D eigenvalue weighted by Gasteiger charge is 2.14. The molecule has 31 heavy (non-hydrogen) atoms. The van der Waals surface area contributed by atoms with Crippen molar-refractivity contribution >= 4 is 12.3 Å². The number of carbonyl (C=O) groups excluding carboxylic acids is 2. The van der Waals surface area contributed by atoms with Gasteiger partial charge in [-0.25, -0.2) is 4.98 Å². The maximum atomic E-state index is 11.9. The molecule has 6 heteroatoms. The van der Waals surface area contributed by atoms with Crippen LogP contribution in [0.2, 0.25) is 0 Å². The van der Waals surface area contributed by atoms with E-state index in [1.807, 2.05) is 43.3 Å². The van der Waals surface area contributed by atoms with Gasteiger partial charge in [-0.3, -0.25) is 9.59 Å². The van der Waals surface area contributed by atoms with Gasteiger partial charge in [-0.1, -0.05) is 18.2 Å². The Morgan fingerprint density at radius 3 is 2.42 bits per heavy atom. The molecule has 0 saturated carbocycles. The molecule has 0 saturated heterocycles. The number of methoxy groups -OCH3 is 1. The molecule has 0 spiro atoms. The van der Waals surface area contributed by atoms with Crippen LogP contribution in [0.5, 0.6) is 11.6 Å². The second-order valence-electron chi connectivity index (χ2n) is 6.75. The number of carbonyl (C=O) groups is 2. The topological polar surface area (TPSA) is 74.7 Å². The lowest BCUT2D eigenvalue weighted by molar-refractivity contribution is -0.142. The normalized spacial score (nSPS) is 10.4. The van der Waals surface area contributed by atoms with Crippen LogP contribution in [-0.4, -0.2) is 37.6 Å². The van der Waals surface area contributed by atoms with Crippen LogP contribution in [0, 0.1) is 0 Å². The number of esters is 1. The summed E-state index contributed by atoms with van der Waals surface area (Å²) >= 11 is 0. The predicted molar refractivity (Wildman–Crippen MR) is 119 cm³/mol. The molecule has 6 nitrogen and oxygen atoms in total. The van der Waals surface area contributed by atoms with Crippen LogP contribution < -0.4 is 9.47 Å². The zero-order valence-corrected chi connectivity index (χ0v) is 17.9. The number of nitrogens with zero attached hydrogens (tertiary/aromatic N) is 1. The van der Waals surface area contributed by atoms with Crippen molar-refractivity contribution in [1.29, 1.82) is 0 Å². The minimum atomic E-state index is -0.299. The van der Waals surface area contributed by atoms with Crippen LogP contribution in [0.1, 0.15) is 29.8 Å². The SMILES string of the molecule is CCOC(=O)Cc1ccc(OC)c(-c2ccc(-c3ccc(OCC)nc3)cc2C=O)c1. The molecular weight excluding hydrogens is 394 g/mol. The Labute approximate surface area is 181 Å². The lowest BCUT2D eigenvalue weighted by Gasteiger charge is -2.14. The van der Waals surface area contributed by atoms with E-state index in [-0.39, 0.29) is 12.4 Å². The van der Waals surface area contributed by atoms with Gasteiger partial charge in [0.1, 0.15) is 5.75 Å². The molecule has 2 aromatic carbocycles. The Hall–Kier alpha value is -3.67. The molecular formula is C25H25NO5. The highest BCUT2D eigenvalue weighted by molar-refractivity contribution is 5.92. The third-order valence-corrected chi connectivity index (χ3v) is 4.75. The lowest BCUT2D eigenvalue weighted by atomic mass is 9.94. The third kappa shape index (κ3) is 5.28. The molecule has 0 bridgehead atoms. The first-order valence-electron chi connectivity index (χ1n) is 10.1. The Bertz CT molecular complexity index is 1060. The average molecular weight is 419 g/mol. The minimum absolute atomic E-state index is 0.150. The highest BCUT2D eigenvalue weighted by Crippen LogP contribution is 2.35. The van der Waals surface area contributed by atoms with Gasteiger partial charge in [0.15, 0.2) is 6.29 Å². The molecule has 0 aliphatic heterocycles. The molecule has 0 radical (unpaired) electrons. The van der Waals surface area contributed by atoms with Gasteiger partial charge in [0.25, 0.3) is 0 Å². The Morgan fingerprint density at radius 1 is 0.968 bits per heavy atom. The number of hydrogen-bond donors (Lipinski definition) is 0. The van der Waals surface area contributed by atoms with E-state index in [0.29, 0.717) is 30.4 Å². The Kier molecular flexibility index (Phi) is 7.38. The molecule has 1 aromatic heterocycles. The zero-order chi connectivity index (χ0) is 22.2. The average Bonchev–Trinajstić information content (AvgIpc) is 2.79. The van der Waals surface area contributed by atoms with Crippen molar-refractivity contribution in [1.82, 2.24) is 4.98 Å². The largest absolute Gasteiger partial charge is 0.496 e. The zero-order valence-electron chi connectivity index (χ0n) is 17.9. The van der Waals surface area contributed by atoms with Gasteiger partial charge in [0, 0.05) is 29.0 Å². The molecule has 0 atom stereocenters. The van der Waals surface area contributed by atoms with Crippen molar-refractivity contribution in [2.24, 2.45) is 0 Å². The standard InChI is InChI=1S/C25H25NO5/c1-4-30-24-11-8-19(15-26-24)18-7-9-21(20(14-18)16-27)22-12-17(6-10-23(22)29-3)13-25(28)31-5-2/h6-12,14-16H,4-5,13H2,1-3H3. The van der Waals surface area contributed by atoms with Crippen LogP contribution >= 0.6 is 0 Å². The predicted octanol–water partition coefficient (Wildman–Crippen LogP) is 4.74. The van der Waals surface area contributed by atoms with Gasteiger partial charge in [-0.05, 0) is 54.8 Å². The number of pyridine rings is 1. The van der Waals surface area contributed by atoms with Crippen LogP contribution in [0.15, 0.2) is 54.7 Å². The van der Waals surface area contributed by atoms with Gasteiger partial charge in [0.2, 0.25) is 5.88 Å². The van der Waals surface area contributed by atoms with Crippen molar-refractivity contribution in [3.63, 3.8) is 0 Å². The first-order valence-corrected chi connectivity index (χ1v) is 10.1. The van der Waals surface area contributed by atoms with Gasteiger partial charge in [-0.2, -0.15) is 0 Å². The van der Waals surface area contributed by atoms with E-state index in [4.69, 9.17) is 14.2 Å². The van der Waals surface area contributed by atoms with Crippen molar-refractivity contribution in [3.05, 3.63) is 65.9 Å². The summed E-state index contributed by atoms with van der Waals surface area (Å²) in [6, 6.07) is 14.8. The van der Waals surface area contributed by atoms with Gasteiger partial charge in [-0.15, -0.1) is 0 Å². The Morgan fingerprint density at radius 2 is 1.77 bits per heavy atom. The highest BCUT2D eigenvalue weighted by atomic mass is 16.5. The van der Waals surface area contributed by atoms with Crippen molar-refractivity contribution in [2.75, 3.05) is 20.3 Å². The van der Waals surface area contributed by atoms with E-state index in [1.54, 1.807) is 32.4 Å². The monoisotopic (exact) mass is 419 g/mol. The summed E-state index contributed by atoms with van der Waals surface area (Å²) in [5, 5.41) is 0. The van der Waals surface area contributed by atoms with Gasteiger partial charge in [0.05, 0.1) is 26.7 Å². The number of rotatable bonds is 9. The first-order chi connectivity index (χ1) is 15.1. The second kappa shape index (κ2) is 10.4. The van der Waals surface area contributed by atoms with Gasteiger partial charge >= 0.3 is 5.97 Å². The molecule has 3 aromatic rings. The number of aromatic nitrogens is 1. The van der Waals surface area contributed by atoms with Gasteiger partial charge < -0.3 is 14.2 Å². The molecule has 0 fully saturated rings. The van der Waals surface area contributed by atoms with E-state index in [2.05, 4.69) is 4.98 Å². The fourth-order valence-corrected chi connectivity index (χ4v) is 3.32. The maximum absolute atomic E-state index is 11.9. The molecule has 0 aliphatic carbocycles. The van der Waals surface area contributed by atoms with E-state index >= 15 is 0 Å². The fraction of sp³-hybridized carbons (Fsp3) is 0.240. The summed E-state index contributed by atoms with van der Waals surface area (Å²) in [4.78, 5) is 28.1. The summed E-state index contributed by atoms with van der Waals surface area (Å²) in [6.07, 6.45) is 2.69. The molecule has 1 heterocycles. The van der Waals surface area contributed by atoms with Crippen molar-refractivity contribution in [3.8, 4) is 33.9 Å². The summed E-state index contributed by atoms with van der Waals surface area (Å²) in [6.45, 7) is 4.56. The number of benzene rings is 2. The van der Waals surface area contributed by atoms with Crippen LogP contribution in [-0.2, 0) is 16.0 Å². The molecule has 0 unspecified atom stereocenters. The third-order valence-electron chi connectivity index (χ3n) is 4.75. The molecule has 0 N–H and O–H groups in total. The van der Waals surface area contributed by atoms with Crippen LogP contribution in [0.4, 0.5) is 0 Å². The number of hydrogen-bond acceptors (Lipinski definition) is 6. The van der Waals surface area contributed by atoms with Crippen molar-refractivity contribution in [2.45, 2.75) is 20.3 Å². The lowest BCUT2D eigenvalue weighted by Crippen LogP contribution is -2.07. The quantitative estimate of drug-likeness (QED) is 0.368. The summed E-state index contributed by atoms with van der Waals surface area (Å²) in [5.41, 5.74) is 4.50. The van der Waals surface area contributed by atoms with Crippen LogP contribution in [0.3, 0.4) is 0 Å². The van der Waals surface area contributed by atoms with Crippen molar-refractivity contribution < 1.29 is 23.8 Å². The summed E-state index contributed by atoms with van der Waals surface area (Å²) in [7, 11) is 1.57. The number of ether oxygens (including phenoxy) is 3. The first kappa shape index (κ1) is 22.0. The summed E-state index contributed by atoms with van der Waals surface area (Å²) < 4.78 is 15.9. The molecule has 0 aliphatic rings. The molecule has 0 amide bonds. The Balaban J connectivity index is 1.98. The van der Waals surface area contributed by atoms with E-state index in [9.17, 15) is 9.59 Å². The van der Waals surface area contributed by atoms with E-state index in [1.165, 1.54) is 0 Å².